The minimum atomic E-state index is -0.870. The molecule has 32 heavy (non-hydrogen) atoms. The van der Waals surface area contributed by atoms with Crippen molar-refractivity contribution in [3.05, 3.63) is 83.3 Å². The van der Waals surface area contributed by atoms with Crippen LogP contribution >= 0.6 is 0 Å². The number of carbonyl (C=O) groups excluding carboxylic acids is 1. The second kappa shape index (κ2) is 7.09. The number of fused-ring (bicyclic) bond motifs is 1. The lowest BCUT2D eigenvalue weighted by atomic mass is 10.0. The number of nitrogens with zero attached hydrogens (tertiary/aromatic N) is 2. The van der Waals surface area contributed by atoms with Gasteiger partial charge in [-0.05, 0) is 49.4 Å². The maximum atomic E-state index is 14.8. The van der Waals surface area contributed by atoms with E-state index < -0.39 is 34.6 Å². The molecule has 0 aliphatic heterocycles. The second-order valence-electron chi connectivity index (χ2n) is 7.17. The number of aromatic hydroxyl groups is 2. The second-order valence-corrected chi connectivity index (χ2v) is 7.17. The molecule has 0 bridgehead atoms. The molecule has 0 aliphatic rings. The Morgan fingerprint density at radius 3 is 2.59 bits per heavy atom. The van der Waals surface area contributed by atoms with Crippen molar-refractivity contribution in [3.8, 4) is 28.8 Å². The summed E-state index contributed by atoms with van der Waals surface area (Å²) < 4.78 is 35.2. The van der Waals surface area contributed by atoms with E-state index in [0.29, 0.717) is 16.8 Å². The van der Waals surface area contributed by atoms with E-state index in [4.69, 9.17) is 4.42 Å². The SMILES string of the molecule is Cc1ccc(C(=O)c2c(O)c(O)n(-c3nc4ccccc4[nH]3)c2-c2cc(F)ccc2F)o1. The first kappa shape index (κ1) is 19.6. The van der Waals surface area contributed by atoms with Crippen molar-refractivity contribution in [1.29, 1.82) is 0 Å². The minimum Gasteiger partial charge on any atom is -0.503 e. The molecule has 0 saturated heterocycles. The van der Waals surface area contributed by atoms with Crippen LogP contribution in [0.2, 0.25) is 0 Å². The van der Waals surface area contributed by atoms with Gasteiger partial charge in [0.1, 0.15) is 17.4 Å². The van der Waals surface area contributed by atoms with E-state index in [1.54, 1.807) is 37.3 Å². The van der Waals surface area contributed by atoms with Gasteiger partial charge in [-0.2, -0.15) is 0 Å². The topological polar surface area (TPSA) is 104 Å². The van der Waals surface area contributed by atoms with Crippen LogP contribution < -0.4 is 0 Å². The molecule has 9 heteroatoms. The summed E-state index contributed by atoms with van der Waals surface area (Å²) in [6.07, 6.45) is 0. The molecule has 0 aliphatic carbocycles. The number of hydrogen-bond donors (Lipinski definition) is 3. The lowest BCUT2D eigenvalue weighted by Gasteiger charge is -2.10. The fourth-order valence-electron chi connectivity index (χ4n) is 3.63. The molecule has 3 aromatic heterocycles. The highest BCUT2D eigenvalue weighted by Crippen LogP contribution is 2.44. The monoisotopic (exact) mass is 435 g/mol. The van der Waals surface area contributed by atoms with Gasteiger partial charge in [0.2, 0.25) is 17.6 Å². The van der Waals surface area contributed by atoms with E-state index in [1.165, 1.54) is 6.07 Å². The average molecular weight is 435 g/mol. The molecule has 5 rings (SSSR count). The number of ketones is 1. The molecular formula is C23H15F2N3O4. The number of rotatable bonds is 4. The van der Waals surface area contributed by atoms with Crippen LogP contribution in [0, 0.1) is 18.6 Å². The first-order valence-corrected chi connectivity index (χ1v) is 9.53. The van der Waals surface area contributed by atoms with Crippen LogP contribution in [0.15, 0.2) is 59.0 Å². The van der Waals surface area contributed by atoms with Gasteiger partial charge in [0, 0.05) is 5.56 Å². The molecule has 0 saturated carbocycles. The normalized spacial score (nSPS) is 11.3. The zero-order valence-electron chi connectivity index (χ0n) is 16.6. The van der Waals surface area contributed by atoms with Gasteiger partial charge in [0.15, 0.2) is 11.5 Å². The van der Waals surface area contributed by atoms with E-state index in [-0.39, 0.29) is 23.0 Å². The largest absolute Gasteiger partial charge is 0.503 e. The van der Waals surface area contributed by atoms with Gasteiger partial charge in [-0.1, -0.05) is 12.1 Å². The van der Waals surface area contributed by atoms with Gasteiger partial charge in [-0.15, -0.1) is 0 Å². The fraction of sp³-hybridized carbons (Fsp3) is 0.0435. The van der Waals surface area contributed by atoms with Crippen LogP contribution in [0.1, 0.15) is 21.9 Å². The van der Waals surface area contributed by atoms with Gasteiger partial charge in [-0.3, -0.25) is 4.79 Å². The number of benzene rings is 2. The number of halogens is 2. The molecule has 0 amide bonds. The molecule has 160 valence electrons. The molecule has 0 spiro atoms. The Morgan fingerprint density at radius 1 is 1.09 bits per heavy atom. The number of carbonyl (C=O) groups is 1. The Morgan fingerprint density at radius 2 is 1.88 bits per heavy atom. The summed E-state index contributed by atoms with van der Waals surface area (Å²) in [7, 11) is 0. The van der Waals surface area contributed by atoms with Crippen molar-refractivity contribution in [1.82, 2.24) is 14.5 Å². The summed E-state index contributed by atoms with van der Waals surface area (Å²) in [6, 6.07) is 12.6. The molecule has 2 aromatic carbocycles. The molecule has 0 radical (unpaired) electrons. The Bertz CT molecular complexity index is 1480. The highest BCUT2D eigenvalue weighted by atomic mass is 19.1. The van der Waals surface area contributed by atoms with E-state index in [1.807, 2.05) is 0 Å². The molecular weight excluding hydrogens is 420 g/mol. The van der Waals surface area contributed by atoms with Crippen molar-refractivity contribution < 1.29 is 28.2 Å². The number of aromatic amines is 1. The van der Waals surface area contributed by atoms with Crippen LogP contribution in [0.3, 0.4) is 0 Å². The lowest BCUT2D eigenvalue weighted by Crippen LogP contribution is -2.06. The third-order valence-corrected chi connectivity index (χ3v) is 5.08. The van der Waals surface area contributed by atoms with Gasteiger partial charge in [-0.25, -0.2) is 18.3 Å². The lowest BCUT2D eigenvalue weighted by molar-refractivity contribution is 0.101. The highest BCUT2D eigenvalue weighted by molar-refractivity contribution is 6.14. The number of imidazole rings is 1. The molecule has 7 nitrogen and oxygen atoms in total. The standard InChI is InChI=1S/C23H15F2N3O4/c1-11-6-9-17(32-11)20(29)18-19(13-10-12(24)7-8-14(13)25)28(22(31)21(18)30)23-26-15-4-2-3-5-16(15)27-23/h2-10,30-31H,1H3,(H,26,27). The summed E-state index contributed by atoms with van der Waals surface area (Å²) >= 11 is 0. The number of hydrogen-bond acceptors (Lipinski definition) is 5. The van der Waals surface area contributed by atoms with Crippen LogP contribution in [-0.2, 0) is 0 Å². The molecule has 0 fully saturated rings. The van der Waals surface area contributed by atoms with Crippen LogP contribution in [-0.4, -0.2) is 30.5 Å². The summed E-state index contributed by atoms with van der Waals surface area (Å²) in [6.45, 7) is 1.63. The number of nitrogens with one attached hydrogen (secondary N) is 1. The average Bonchev–Trinajstić information content (AvgIpc) is 3.46. The maximum absolute atomic E-state index is 14.8. The Hall–Kier alpha value is -4.40. The van der Waals surface area contributed by atoms with Crippen molar-refractivity contribution in [3.63, 3.8) is 0 Å². The van der Waals surface area contributed by atoms with Gasteiger partial charge in [0.05, 0.1) is 22.3 Å². The fourth-order valence-corrected chi connectivity index (χ4v) is 3.63. The Kier molecular flexibility index (Phi) is 4.33. The third kappa shape index (κ3) is 2.94. The quantitative estimate of drug-likeness (QED) is 0.351. The zero-order valence-corrected chi connectivity index (χ0v) is 16.6. The van der Waals surface area contributed by atoms with Crippen molar-refractivity contribution in [2.24, 2.45) is 0 Å². The van der Waals surface area contributed by atoms with Crippen LogP contribution in [0.25, 0.3) is 28.2 Å². The van der Waals surface area contributed by atoms with E-state index in [9.17, 15) is 23.8 Å². The predicted molar refractivity (Wildman–Crippen MR) is 111 cm³/mol. The van der Waals surface area contributed by atoms with E-state index in [0.717, 1.165) is 22.8 Å². The maximum Gasteiger partial charge on any atom is 0.242 e. The zero-order chi connectivity index (χ0) is 22.6. The first-order valence-electron chi connectivity index (χ1n) is 9.53. The third-order valence-electron chi connectivity index (χ3n) is 5.08. The molecule has 3 N–H and O–H groups in total. The molecule has 3 heterocycles. The number of aromatic nitrogens is 3. The number of para-hydroxylation sites is 2. The van der Waals surface area contributed by atoms with E-state index >= 15 is 0 Å². The van der Waals surface area contributed by atoms with Gasteiger partial charge >= 0.3 is 0 Å². The molecule has 0 atom stereocenters. The minimum absolute atomic E-state index is 0.00710. The Balaban J connectivity index is 1.86. The van der Waals surface area contributed by atoms with Gasteiger partial charge < -0.3 is 19.6 Å². The van der Waals surface area contributed by atoms with Crippen molar-refractivity contribution >= 4 is 16.8 Å². The van der Waals surface area contributed by atoms with E-state index in [2.05, 4.69) is 9.97 Å². The number of furan rings is 1. The van der Waals surface area contributed by atoms with Crippen LogP contribution in [0.4, 0.5) is 8.78 Å². The highest BCUT2D eigenvalue weighted by Gasteiger charge is 2.33. The summed E-state index contributed by atoms with van der Waals surface area (Å²) in [5.74, 6) is -3.76. The number of aryl methyl sites for hydroxylation is 1. The number of H-pyrrole nitrogens is 1. The van der Waals surface area contributed by atoms with Crippen LogP contribution in [0.5, 0.6) is 11.6 Å². The summed E-state index contributed by atoms with van der Waals surface area (Å²) in [4.78, 5) is 20.5. The summed E-state index contributed by atoms with van der Waals surface area (Å²) in [5.41, 5.74) is 0.0233. The molecule has 5 aromatic rings. The van der Waals surface area contributed by atoms with Crippen molar-refractivity contribution in [2.45, 2.75) is 6.92 Å². The van der Waals surface area contributed by atoms with Crippen molar-refractivity contribution in [2.75, 3.05) is 0 Å². The van der Waals surface area contributed by atoms with Gasteiger partial charge in [0.25, 0.3) is 0 Å². The first-order chi connectivity index (χ1) is 15.3. The predicted octanol–water partition coefficient (Wildman–Crippen LogP) is 4.84. The Labute approximate surface area is 179 Å². The molecule has 0 unspecified atom stereocenters. The summed E-state index contributed by atoms with van der Waals surface area (Å²) in [5, 5.41) is 21.5. The smallest absolute Gasteiger partial charge is 0.242 e.